The molecule has 1 aliphatic rings. The zero-order valence-electron chi connectivity index (χ0n) is 12.8. The number of carbonyl (C=O) groups excluding carboxylic acids is 1. The molecular formula is C15H24N2O2S. The molecular weight excluding hydrogens is 272 g/mol. The van der Waals surface area contributed by atoms with Crippen LogP contribution in [-0.2, 0) is 22.5 Å². The lowest BCUT2D eigenvalue weighted by Gasteiger charge is -2.26. The van der Waals surface area contributed by atoms with Crippen LogP contribution < -0.4 is 0 Å². The Bertz CT molecular complexity index is 465. The number of esters is 1. The number of hydrogen-bond acceptors (Lipinski definition) is 5. The van der Waals surface area contributed by atoms with Gasteiger partial charge in [0.05, 0.1) is 10.7 Å². The molecule has 1 aliphatic heterocycles. The molecule has 2 heterocycles. The van der Waals surface area contributed by atoms with Crippen molar-refractivity contribution in [3.8, 4) is 0 Å². The van der Waals surface area contributed by atoms with Crippen LogP contribution in [0.3, 0.4) is 0 Å². The second kappa shape index (κ2) is 6.22. The first-order chi connectivity index (χ1) is 9.39. The highest BCUT2D eigenvalue weighted by Crippen LogP contribution is 2.23. The molecule has 0 bridgehead atoms. The van der Waals surface area contributed by atoms with E-state index in [-0.39, 0.29) is 12.0 Å². The largest absolute Gasteiger partial charge is 0.459 e. The summed E-state index contributed by atoms with van der Waals surface area (Å²) < 4.78 is 5.52. The molecule has 1 aromatic rings. The van der Waals surface area contributed by atoms with Crippen molar-refractivity contribution in [3.05, 3.63) is 16.1 Å². The molecule has 1 aromatic heterocycles. The fraction of sp³-hybridized carbons (Fsp3) is 0.733. The summed E-state index contributed by atoms with van der Waals surface area (Å²) in [5.74, 6) is -0.0963. The topological polar surface area (TPSA) is 42.4 Å². The van der Waals surface area contributed by atoms with Crippen molar-refractivity contribution in [2.24, 2.45) is 0 Å². The van der Waals surface area contributed by atoms with E-state index in [9.17, 15) is 4.79 Å². The summed E-state index contributed by atoms with van der Waals surface area (Å²) in [6.45, 7) is 9.56. The van der Waals surface area contributed by atoms with E-state index in [1.807, 2.05) is 20.8 Å². The van der Waals surface area contributed by atoms with Crippen molar-refractivity contribution in [1.82, 2.24) is 9.88 Å². The number of aryl methyl sites for hydroxylation is 1. The van der Waals surface area contributed by atoms with Gasteiger partial charge in [-0.25, -0.2) is 4.98 Å². The zero-order valence-corrected chi connectivity index (χ0v) is 13.6. The van der Waals surface area contributed by atoms with Crippen LogP contribution in [0.4, 0.5) is 0 Å². The van der Waals surface area contributed by atoms with E-state index in [0.29, 0.717) is 0 Å². The standard InChI is InChI=1S/C15H24N2O2S/c1-5-13-16-11(10-20-13)9-17-8-6-7-12(17)14(18)19-15(2,3)4/h10,12H,5-9H2,1-4H3/t12-/m1/s1. The van der Waals surface area contributed by atoms with E-state index in [1.165, 1.54) is 0 Å². The van der Waals surface area contributed by atoms with Crippen LogP contribution in [0.1, 0.15) is 51.2 Å². The molecule has 0 aromatic carbocycles. The Morgan fingerprint density at radius 1 is 1.55 bits per heavy atom. The van der Waals surface area contributed by atoms with Gasteiger partial charge in [-0.1, -0.05) is 6.92 Å². The van der Waals surface area contributed by atoms with Gasteiger partial charge in [-0.3, -0.25) is 9.69 Å². The van der Waals surface area contributed by atoms with Crippen molar-refractivity contribution in [1.29, 1.82) is 0 Å². The SMILES string of the molecule is CCc1nc(CN2CCC[C@@H]2C(=O)OC(C)(C)C)cs1. The quantitative estimate of drug-likeness (QED) is 0.801. The number of thiazole rings is 1. The number of carbonyl (C=O) groups is 1. The van der Waals surface area contributed by atoms with Crippen molar-refractivity contribution in [2.45, 2.75) is 65.1 Å². The van der Waals surface area contributed by atoms with Crippen molar-refractivity contribution >= 4 is 17.3 Å². The molecule has 4 nitrogen and oxygen atoms in total. The molecule has 2 rings (SSSR count). The number of aromatic nitrogens is 1. The first kappa shape index (κ1) is 15.4. The van der Waals surface area contributed by atoms with Crippen LogP contribution in [0, 0.1) is 0 Å². The summed E-state index contributed by atoms with van der Waals surface area (Å²) in [5, 5.41) is 3.26. The fourth-order valence-corrected chi connectivity index (χ4v) is 3.18. The third kappa shape index (κ3) is 4.03. The van der Waals surface area contributed by atoms with Gasteiger partial charge in [-0.2, -0.15) is 0 Å². The van der Waals surface area contributed by atoms with Gasteiger partial charge in [0.15, 0.2) is 0 Å². The lowest BCUT2D eigenvalue weighted by molar-refractivity contribution is -0.160. The van der Waals surface area contributed by atoms with E-state index in [4.69, 9.17) is 4.74 Å². The summed E-state index contributed by atoms with van der Waals surface area (Å²) in [7, 11) is 0. The molecule has 0 amide bonds. The minimum absolute atomic E-state index is 0.0963. The molecule has 1 saturated heterocycles. The van der Waals surface area contributed by atoms with E-state index in [1.54, 1.807) is 11.3 Å². The third-order valence-electron chi connectivity index (χ3n) is 3.31. The molecule has 0 spiro atoms. The average Bonchev–Trinajstić information content (AvgIpc) is 2.96. The Morgan fingerprint density at radius 2 is 2.30 bits per heavy atom. The number of hydrogen-bond donors (Lipinski definition) is 0. The number of nitrogens with zero attached hydrogens (tertiary/aromatic N) is 2. The van der Waals surface area contributed by atoms with Gasteiger partial charge < -0.3 is 4.74 Å². The minimum atomic E-state index is -0.415. The lowest BCUT2D eigenvalue weighted by atomic mass is 10.1. The normalized spacial score (nSPS) is 20.3. The second-order valence-electron chi connectivity index (χ2n) is 6.25. The minimum Gasteiger partial charge on any atom is -0.459 e. The molecule has 0 N–H and O–H groups in total. The number of likely N-dealkylation sites (tertiary alicyclic amines) is 1. The Kier molecular flexibility index (Phi) is 4.81. The van der Waals surface area contributed by atoms with Gasteiger partial charge in [-0.05, 0) is 46.6 Å². The number of ether oxygens (including phenoxy) is 1. The van der Waals surface area contributed by atoms with E-state index < -0.39 is 5.60 Å². The first-order valence-corrected chi connectivity index (χ1v) is 8.17. The highest BCUT2D eigenvalue weighted by atomic mass is 32.1. The molecule has 20 heavy (non-hydrogen) atoms. The number of rotatable bonds is 4. The lowest BCUT2D eigenvalue weighted by Crippen LogP contribution is -2.40. The predicted octanol–water partition coefficient (Wildman–Crippen LogP) is 3.01. The maximum absolute atomic E-state index is 12.2. The third-order valence-corrected chi connectivity index (χ3v) is 4.35. The Labute approximate surface area is 125 Å². The van der Waals surface area contributed by atoms with Crippen molar-refractivity contribution in [3.63, 3.8) is 0 Å². The summed E-state index contributed by atoms with van der Waals surface area (Å²) in [6, 6.07) is -0.110. The summed E-state index contributed by atoms with van der Waals surface area (Å²) in [4.78, 5) is 19.0. The first-order valence-electron chi connectivity index (χ1n) is 7.29. The zero-order chi connectivity index (χ0) is 14.8. The molecule has 0 saturated carbocycles. The van der Waals surface area contributed by atoms with E-state index in [0.717, 1.165) is 43.1 Å². The summed E-state index contributed by atoms with van der Waals surface area (Å²) >= 11 is 1.70. The molecule has 0 radical (unpaired) electrons. The van der Waals surface area contributed by atoms with E-state index >= 15 is 0 Å². The van der Waals surface area contributed by atoms with Gasteiger partial charge in [0.2, 0.25) is 0 Å². The Morgan fingerprint density at radius 3 is 2.90 bits per heavy atom. The van der Waals surface area contributed by atoms with Crippen LogP contribution >= 0.6 is 11.3 Å². The molecule has 112 valence electrons. The van der Waals surface area contributed by atoms with Crippen LogP contribution in [-0.4, -0.2) is 34.0 Å². The van der Waals surface area contributed by atoms with Crippen LogP contribution in [0.15, 0.2) is 5.38 Å². The van der Waals surface area contributed by atoms with Gasteiger partial charge in [0.1, 0.15) is 11.6 Å². The summed E-state index contributed by atoms with van der Waals surface area (Å²) in [5.41, 5.74) is 0.656. The molecule has 0 aliphatic carbocycles. The molecule has 0 unspecified atom stereocenters. The van der Waals surface area contributed by atoms with Gasteiger partial charge in [0.25, 0.3) is 0 Å². The van der Waals surface area contributed by atoms with Crippen LogP contribution in [0.25, 0.3) is 0 Å². The molecule has 5 heteroatoms. The predicted molar refractivity (Wildman–Crippen MR) is 80.8 cm³/mol. The average molecular weight is 296 g/mol. The molecule has 1 fully saturated rings. The Hall–Kier alpha value is -0.940. The molecule has 1 atom stereocenters. The Balaban J connectivity index is 1.98. The van der Waals surface area contributed by atoms with Crippen LogP contribution in [0.2, 0.25) is 0 Å². The van der Waals surface area contributed by atoms with Crippen LogP contribution in [0.5, 0.6) is 0 Å². The van der Waals surface area contributed by atoms with Gasteiger partial charge in [0, 0.05) is 11.9 Å². The monoisotopic (exact) mass is 296 g/mol. The van der Waals surface area contributed by atoms with Gasteiger partial charge in [-0.15, -0.1) is 11.3 Å². The summed E-state index contributed by atoms with van der Waals surface area (Å²) in [6.07, 6.45) is 2.91. The highest BCUT2D eigenvalue weighted by molar-refractivity contribution is 7.09. The van der Waals surface area contributed by atoms with Crippen molar-refractivity contribution in [2.75, 3.05) is 6.54 Å². The fourth-order valence-electron chi connectivity index (χ4n) is 2.44. The maximum atomic E-state index is 12.2. The smallest absolute Gasteiger partial charge is 0.323 e. The maximum Gasteiger partial charge on any atom is 0.323 e. The van der Waals surface area contributed by atoms with E-state index in [2.05, 4.69) is 22.2 Å². The highest BCUT2D eigenvalue weighted by Gasteiger charge is 2.34. The second-order valence-corrected chi connectivity index (χ2v) is 7.19. The van der Waals surface area contributed by atoms with Gasteiger partial charge >= 0.3 is 5.97 Å². The van der Waals surface area contributed by atoms with Crippen molar-refractivity contribution < 1.29 is 9.53 Å².